The number of hydrogen-bond acceptors (Lipinski definition) is 4. The van der Waals surface area contributed by atoms with Gasteiger partial charge in [-0.15, -0.1) is 11.8 Å². The van der Waals surface area contributed by atoms with Crippen LogP contribution in [0, 0.1) is 5.82 Å². The second-order valence-corrected chi connectivity index (χ2v) is 6.15. The van der Waals surface area contributed by atoms with Crippen molar-refractivity contribution >= 4 is 39.3 Å². The minimum Gasteiger partial charge on any atom is -0.465 e. The molecule has 0 bridgehead atoms. The molecule has 110 valence electrons. The summed E-state index contributed by atoms with van der Waals surface area (Å²) in [6.07, 6.45) is 0. The van der Waals surface area contributed by atoms with E-state index >= 15 is 0 Å². The van der Waals surface area contributed by atoms with Crippen molar-refractivity contribution in [3.63, 3.8) is 0 Å². The Morgan fingerprint density at radius 3 is 2.71 bits per heavy atom. The first-order valence-electron chi connectivity index (χ1n) is 6.06. The van der Waals surface area contributed by atoms with Gasteiger partial charge in [0, 0.05) is 20.8 Å². The molecule has 0 radical (unpaired) electrons. The summed E-state index contributed by atoms with van der Waals surface area (Å²) in [5.41, 5.74) is 7.35. The van der Waals surface area contributed by atoms with Gasteiger partial charge in [0.15, 0.2) is 0 Å². The van der Waals surface area contributed by atoms with E-state index in [0.717, 1.165) is 10.0 Å². The van der Waals surface area contributed by atoms with E-state index in [1.165, 1.54) is 24.9 Å². The van der Waals surface area contributed by atoms with Crippen LogP contribution < -0.4 is 5.73 Å². The van der Waals surface area contributed by atoms with Crippen LogP contribution in [0.3, 0.4) is 0 Å². The zero-order valence-corrected chi connectivity index (χ0v) is 13.6. The zero-order valence-electron chi connectivity index (χ0n) is 11.2. The number of benzene rings is 2. The van der Waals surface area contributed by atoms with E-state index in [1.807, 2.05) is 6.07 Å². The second kappa shape index (κ2) is 6.95. The predicted octanol–water partition coefficient (Wildman–Crippen LogP) is 4.25. The molecule has 0 heterocycles. The molecule has 6 heteroatoms. The van der Waals surface area contributed by atoms with Gasteiger partial charge < -0.3 is 10.5 Å². The highest BCUT2D eigenvalue weighted by Crippen LogP contribution is 2.30. The number of ether oxygens (including phenoxy) is 1. The van der Waals surface area contributed by atoms with Crippen molar-refractivity contribution in [1.29, 1.82) is 0 Å². The van der Waals surface area contributed by atoms with Crippen LogP contribution in [0.25, 0.3) is 0 Å². The first-order chi connectivity index (χ1) is 10.0. The minimum atomic E-state index is -0.389. The van der Waals surface area contributed by atoms with Gasteiger partial charge in [-0.1, -0.05) is 22.0 Å². The highest BCUT2D eigenvalue weighted by Gasteiger charge is 2.10. The molecule has 2 aromatic rings. The first kappa shape index (κ1) is 15.9. The van der Waals surface area contributed by atoms with Gasteiger partial charge in [0.25, 0.3) is 0 Å². The average Bonchev–Trinajstić information content (AvgIpc) is 2.46. The molecule has 0 aliphatic carbocycles. The van der Waals surface area contributed by atoms with Gasteiger partial charge in [-0.25, -0.2) is 9.18 Å². The van der Waals surface area contributed by atoms with Gasteiger partial charge in [-0.05, 0) is 35.9 Å². The SMILES string of the molecule is COC(=O)c1ccc(CSc2ccc(N)cc2F)c(Br)c1. The Morgan fingerprint density at radius 1 is 1.33 bits per heavy atom. The van der Waals surface area contributed by atoms with Crippen molar-refractivity contribution in [2.45, 2.75) is 10.6 Å². The number of rotatable bonds is 4. The quantitative estimate of drug-likeness (QED) is 0.497. The monoisotopic (exact) mass is 369 g/mol. The van der Waals surface area contributed by atoms with Gasteiger partial charge in [-0.2, -0.15) is 0 Å². The number of nitrogens with two attached hydrogens (primary N) is 1. The lowest BCUT2D eigenvalue weighted by Gasteiger charge is -2.07. The molecule has 0 aromatic heterocycles. The van der Waals surface area contributed by atoms with E-state index in [2.05, 4.69) is 20.7 Å². The highest BCUT2D eigenvalue weighted by atomic mass is 79.9. The number of esters is 1. The van der Waals surface area contributed by atoms with E-state index in [0.29, 0.717) is 21.9 Å². The fourth-order valence-corrected chi connectivity index (χ4v) is 3.33. The van der Waals surface area contributed by atoms with Gasteiger partial charge in [0.1, 0.15) is 5.82 Å². The minimum absolute atomic E-state index is 0.331. The van der Waals surface area contributed by atoms with Crippen LogP contribution in [0.5, 0.6) is 0 Å². The fourth-order valence-electron chi connectivity index (χ4n) is 1.70. The van der Waals surface area contributed by atoms with Crippen molar-refractivity contribution in [2.75, 3.05) is 12.8 Å². The lowest BCUT2D eigenvalue weighted by Crippen LogP contribution is -2.01. The third-order valence-electron chi connectivity index (χ3n) is 2.81. The van der Waals surface area contributed by atoms with Crippen LogP contribution in [0.1, 0.15) is 15.9 Å². The Morgan fingerprint density at radius 2 is 2.10 bits per heavy atom. The third-order valence-corrected chi connectivity index (χ3v) is 4.65. The fraction of sp³-hybridized carbons (Fsp3) is 0.133. The lowest BCUT2D eigenvalue weighted by molar-refractivity contribution is 0.0600. The smallest absolute Gasteiger partial charge is 0.337 e. The summed E-state index contributed by atoms with van der Waals surface area (Å²) < 4.78 is 19.1. The van der Waals surface area contributed by atoms with E-state index in [1.54, 1.807) is 24.3 Å². The van der Waals surface area contributed by atoms with E-state index in [4.69, 9.17) is 5.73 Å². The molecule has 0 atom stereocenters. The Labute approximate surface area is 134 Å². The van der Waals surface area contributed by atoms with Crippen LogP contribution in [0.2, 0.25) is 0 Å². The normalized spacial score (nSPS) is 10.4. The molecule has 0 amide bonds. The Balaban J connectivity index is 2.11. The highest BCUT2D eigenvalue weighted by molar-refractivity contribution is 9.10. The molecular formula is C15H13BrFNO2S. The third kappa shape index (κ3) is 3.98. The van der Waals surface area contributed by atoms with Crippen LogP contribution in [0.4, 0.5) is 10.1 Å². The Hall–Kier alpha value is -1.53. The van der Waals surface area contributed by atoms with Crippen molar-refractivity contribution in [2.24, 2.45) is 0 Å². The summed E-state index contributed by atoms with van der Waals surface area (Å²) in [7, 11) is 1.34. The summed E-state index contributed by atoms with van der Waals surface area (Å²) in [5, 5.41) is 0. The maximum Gasteiger partial charge on any atom is 0.337 e. The standard InChI is InChI=1S/C15H13BrFNO2S/c1-20-15(19)9-2-3-10(12(16)6-9)8-21-14-5-4-11(18)7-13(14)17/h2-7H,8,18H2,1H3. The molecule has 0 aliphatic rings. The lowest BCUT2D eigenvalue weighted by atomic mass is 10.1. The molecule has 3 nitrogen and oxygen atoms in total. The molecular weight excluding hydrogens is 357 g/mol. The van der Waals surface area contributed by atoms with E-state index < -0.39 is 0 Å². The van der Waals surface area contributed by atoms with Gasteiger partial charge in [0.05, 0.1) is 12.7 Å². The molecule has 0 unspecified atom stereocenters. The van der Waals surface area contributed by atoms with Crippen LogP contribution >= 0.6 is 27.7 Å². The average molecular weight is 370 g/mol. The molecule has 0 aliphatic heterocycles. The maximum atomic E-state index is 13.7. The number of carbonyl (C=O) groups excluding carboxylic acids is 1. The molecule has 0 saturated carbocycles. The topological polar surface area (TPSA) is 52.3 Å². The van der Waals surface area contributed by atoms with Crippen molar-refractivity contribution in [1.82, 2.24) is 0 Å². The first-order valence-corrected chi connectivity index (χ1v) is 7.83. The van der Waals surface area contributed by atoms with Crippen LogP contribution in [-0.4, -0.2) is 13.1 Å². The number of carbonyl (C=O) groups is 1. The maximum absolute atomic E-state index is 13.7. The van der Waals surface area contributed by atoms with Crippen molar-refractivity contribution in [3.8, 4) is 0 Å². The van der Waals surface area contributed by atoms with Crippen molar-refractivity contribution in [3.05, 3.63) is 57.8 Å². The van der Waals surface area contributed by atoms with Crippen LogP contribution in [0.15, 0.2) is 45.8 Å². The van der Waals surface area contributed by atoms with Gasteiger partial charge in [-0.3, -0.25) is 0 Å². The molecule has 0 spiro atoms. The molecule has 0 fully saturated rings. The van der Waals surface area contributed by atoms with Crippen LogP contribution in [-0.2, 0) is 10.5 Å². The summed E-state index contributed by atoms with van der Waals surface area (Å²) in [6, 6.07) is 9.83. The number of halogens is 2. The number of nitrogen functional groups attached to an aromatic ring is 1. The second-order valence-electron chi connectivity index (χ2n) is 4.28. The largest absolute Gasteiger partial charge is 0.465 e. The summed E-state index contributed by atoms with van der Waals surface area (Å²) in [6.45, 7) is 0. The Kier molecular flexibility index (Phi) is 5.25. The van der Waals surface area contributed by atoms with Crippen molar-refractivity contribution < 1.29 is 13.9 Å². The molecule has 2 rings (SSSR count). The summed E-state index contributed by atoms with van der Waals surface area (Å²) >= 11 is 4.78. The number of hydrogen-bond donors (Lipinski definition) is 1. The molecule has 2 N–H and O–H groups in total. The van der Waals surface area contributed by atoms with E-state index in [9.17, 15) is 9.18 Å². The number of thioether (sulfide) groups is 1. The summed E-state index contributed by atoms with van der Waals surface area (Å²) in [4.78, 5) is 12.0. The molecule has 0 saturated heterocycles. The predicted molar refractivity (Wildman–Crippen MR) is 85.9 cm³/mol. The van der Waals surface area contributed by atoms with Gasteiger partial charge >= 0.3 is 5.97 Å². The van der Waals surface area contributed by atoms with E-state index in [-0.39, 0.29) is 11.8 Å². The molecule has 21 heavy (non-hydrogen) atoms. The number of methoxy groups -OCH3 is 1. The number of anilines is 1. The van der Waals surface area contributed by atoms with Gasteiger partial charge in [0.2, 0.25) is 0 Å². The Bertz CT molecular complexity index is 679. The summed E-state index contributed by atoms with van der Waals surface area (Å²) in [5.74, 6) is -0.148. The zero-order chi connectivity index (χ0) is 15.4. The molecule has 2 aromatic carbocycles.